The van der Waals surface area contributed by atoms with Crippen LogP contribution in [0.15, 0.2) is 55.0 Å². The fourth-order valence-corrected chi connectivity index (χ4v) is 5.62. The van der Waals surface area contributed by atoms with E-state index in [2.05, 4.69) is 10.3 Å². The van der Waals surface area contributed by atoms with Crippen LogP contribution in [-0.2, 0) is 39.1 Å². The van der Waals surface area contributed by atoms with Crippen molar-refractivity contribution in [3.05, 3.63) is 66.2 Å². The number of carbonyl (C=O) groups is 3. The van der Waals surface area contributed by atoms with Crippen LogP contribution in [0.2, 0.25) is 0 Å². The number of hydrogen-bond donors (Lipinski definition) is 2. The maximum atomic E-state index is 13.7. The van der Waals surface area contributed by atoms with Crippen LogP contribution < -0.4 is 11.1 Å². The molecule has 0 spiro atoms. The van der Waals surface area contributed by atoms with Crippen molar-refractivity contribution in [1.29, 1.82) is 0 Å². The number of fused-ring (bicyclic) bond motifs is 1. The first-order valence-electron chi connectivity index (χ1n) is 14.0. The molecule has 3 rings (SSSR count). The summed E-state index contributed by atoms with van der Waals surface area (Å²) in [6.45, 7) is 4.33. The van der Waals surface area contributed by atoms with Gasteiger partial charge in [-0.25, -0.2) is 9.78 Å². The second-order valence-electron chi connectivity index (χ2n) is 10.5. The highest BCUT2D eigenvalue weighted by atomic mass is 32.2. The van der Waals surface area contributed by atoms with Gasteiger partial charge in [-0.15, -0.1) is 0 Å². The molecule has 10 heteroatoms. The number of ketones is 1. The van der Waals surface area contributed by atoms with Crippen LogP contribution >= 0.6 is 11.8 Å². The van der Waals surface area contributed by atoms with E-state index < -0.39 is 24.1 Å². The Morgan fingerprint density at radius 1 is 1.17 bits per heavy atom. The molecule has 4 atom stereocenters. The van der Waals surface area contributed by atoms with Crippen molar-refractivity contribution in [2.24, 2.45) is 24.6 Å². The molecule has 0 aliphatic heterocycles. The van der Waals surface area contributed by atoms with Gasteiger partial charge in [0.1, 0.15) is 11.8 Å². The molecule has 0 aliphatic carbocycles. The van der Waals surface area contributed by atoms with Gasteiger partial charge in [-0.1, -0.05) is 62.7 Å². The zero-order chi connectivity index (χ0) is 29.9. The Morgan fingerprint density at radius 2 is 1.90 bits per heavy atom. The van der Waals surface area contributed by atoms with Crippen LogP contribution in [0.25, 0.3) is 10.8 Å². The van der Waals surface area contributed by atoms with Crippen LogP contribution in [0.4, 0.5) is 0 Å². The van der Waals surface area contributed by atoms with Crippen molar-refractivity contribution >= 4 is 40.2 Å². The van der Waals surface area contributed by atoms with Crippen molar-refractivity contribution in [1.82, 2.24) is 19.8 Å². The molecule has 0 saturated heterocycles. The third kappa shape index (κ3) is 8.89. The predicted octanol–water partition coefficient (Wildman–Crippen LogP) is 3.55. The average molecular weight is 582 g/mol. The number of aromatic nitrogens is 2. The van der Waals surface area contributed by atoms with E-state index >= 15 is 0 Å². The summed E-state index contributed by atoms with van der Waals surface area (Å²) in [6, 6.07) is 13.3. The van der Waals surface area contributed by atoms with Gasteiger partial charge in [0.05, 0.1) is 38.3 Å². The lowest BCUT2D eigenvalue weighted by Gasteiger charge is -2.36. The van der Waals surface area contributed by atoms with Crippen LogP contribution in [-0.4, -0.2) is 70.0 Å². The van der Waals surface area contributed by atoms with Crippen molar-refractivity contribution in [3.63, 3.8) is 0 Å². The number of benzene rings is 2. The van der Waals surface area contributed by atoms with Gasteiger partial charge in [-0.05, 0) is 40.7 Å². The van der Waals surface area contributed by atoms with Crippen LogP contribution in [0.3, 0.4) is 0 Å². The predicted molar refractivity (Wildman–Crippen MR) is 164 cm³/mol. The molecule has 3 N–H and O–H groups in total. The molecule has 0 bridgehead atoms. The lowest BCUT2D eigenvalue weighted by molar-refractivity contribution is -0.145. The number of imidazole rings is 1. The molecule has 41 heavy (non-hydrogen) atoms. The maximum absolute atomic E-state index is 13.7. The van der Waals surface area contributed by atoms with Crippen molar-refractivity contribution < 1.29 is 19.1 Å². The summed E-state index contributed by atoms with van der Waals surface area (Å²) < 4.78 is 6.74. The lowest BCUT2D eigenvalue weighted by Crippen LogP contribution is -2.55. The highest BCUT2D eigenvalue weighted by Gasteiger charge is 2.35. The second kappa shape index (κ2) is 15.7. The topological polar surface area (TPSA) is 120 Å². The number of rotatable bonds is 16. The van der Waals surface area contributed by atoms with Crippen LogP contribution in [0.5, 0.6) is 0 Å². The summed E-state index contributed by atoms with van der Waals surface area (Å²) in [7, 11) is 3.18. The normalized spacial score (nSPS) is 14.4. The van der Waals surface area contributed by atoms with Gasteiger partial charge in [0.2, 0.25) is 5.91 Å². The summed E-state index contributed by atoms with van der Waals surface area (Å²) in [4.78, 5) is 45.7. The van der Waals surface area contributed by atoms with Crippen LogP contribution in [0.1, 0.15) is 37.9 Å². The maximum Gasteiger partial charge on any atom is 0.328 e. The quantitative estimate of drug-likeness (QED) is 0.195. The third-order valence-corrected chi connectivity index (χ3v) is 8.21. The Morgan fingerprint density at radius 3 is 2.56 bits per heavy atom. The Bertz CT molecular complexity index is 1310. The molecule has 1 heterocycles. The first-order chi connectivity index (χ1) is 19.7. The number of thioether (sulfide) groups is 1. The Hall–Kier alpha value is -3.21. The largest absolute Gasteiger partial charge is 0.467 e. The summed E-state index contributed by atoms with van der Waals surface area (Å²) in [5.74, 6) is -0.711. The number of ether oxygens (including phenoxy) is 1. The first-order valence-corrected chi connectivity index (χ1v) is 15.4. The van der Waals surface area contributed by atoms with Crippen molar-refractivity contribution in [2.75, 3.05) is 25.7 Å². The molecule has 0 radical (unpaired) electrons. The fourth-order valence-electron chi connectivity index (χ4n) is 5.15. The van der Waals surface area contributed by atoms with E-state index in [1.807, 2.05) is 85.3 Å². The number of nitrogens with one attached hydrogen (secondary N) is 1. The van der Waals surface area contributed by atoms with E-state index in [1.54, 1.807) is 18.1 Å². The highest BCUT2D eigenvalue weighted by Crippen LogP contribution is 2.26. The highest BCUT2D eigenvalue weighted by molar-refractivity contribution is 7.98. The number of methoxy groups -OCH3 is 1. The number of esters is 1. The van der Waals surface area contributed by atoms with Gasteiger partial charge >= 0.3 is 5.97 Å². The van der Waals surface area contributed by atoms with E-state index in [4.69, 9.17) is 10.5 Å². The number of carbonyl (C=O) groups excluding carboxylic acids is 3. The molecule has 3 aromatic rings. The second-order valence-corrected chi connectivity index (χ2v) is 11.5. The van der Waals surface area contributed by atoms with Crippen LogP contribution in [0, 0.1) is 11.8 Å². The summed E-state index contributed by atoms with van der Waals surface area (Å²) in [5.41, 5.74) is 8.62. The molecule has 0 aliphatic rings. The number of nitrogens with two attached hydrogens (primary N) is 1. The fraction of sp³-hybridized carbons (Fsp3) is 0.484. The summed E-state index contributed by atoms with van der Waals surface area (Å²) in [5, 5.41) is 4.98. The zero-order valence-electron chi connectivity index (χ0n) is 24.7. The molecular weight excluding hydrogens is 538 g/mol. The van der Waals surface area contributed by atoms with Gasteiger partial charge in [-0.3, -0.25) is 14.5 Å². The molecule has 2 aromatic carbocycles. The lowest BCUT2D eigenvalue weighted by atomic mass is 9.83. The van der Waals surface area contributed by atoms with E-state index in [1.165, 1.54) is 7.11 Å². The molecule has 0 fully saturated rings. The van der Waals surface area contributed by atoms with E-state index in [9.17, 15) is 14.4 Å². The van der Waals surface area contributed by atoms with Gasteiger partial charge in [0.15, 0.2) is 0 Å². The first kappa shape index (κ1) is 32.3. The van der Waals surface area contributed by atoms with Crippen molar-refractivity contribution in [2.45, 2.75) is 51.9 Å². The third-order valence-electron chi connectivity index (χ3n) is 7.56. The van der Waals surface area contributed by atoms with Gasteiger partial charge in [0, 0.05) is 25.7 Å². The number of Topliss-reactive ketones (excluding diaryl/α,β-unsaturated/α-hetero) is 1. The molecular formula is C31H43N5O4S. The minimum atomic E-state index is -0.758. The summed E-state index contributed by atoms with van der Waals surface area (Å²) >= 11 is 1.59. The molecule has 222 valence electrons. The zero-order valence-corrected chi connectivity index (χ0v) is 25.5. The standard InChI is InChI=1S/C31H43N5O4S/c1-6-21(2)29(27(37)16-24-18-35(3)20-33-24)30(32)36(17-23-12-9-11-22-10-7-8-13-25(22)23)19-28(38)34-26(14-15-41-5)31(39)40-4/h7-13,18,20-21,26,29-30H,6,14-17,19,32H2,1-5H3,(H,34,38)/t21-,26-,29+,30?/m0/s1. The molecule has 1 aromatic heterocycles. The summed E-state index contributed by atoms with van der Waals surface area (Å²) in [6.07, 6.45) is 6.07. The Balaban J connectivity index is 1.93. The van der Waals surface area contributed by atoms with E-state index in [0.717, 1.165) is 22.8 Å². The minimum Gasteiger partial charge on any atom is -0.467 e. The smallest absolute Gasteiger partial charge is 0.328 e. The minimum absolute atomic E-state index is 0.0127. The monoisotopic (exact) mass is 581 g/mol. The van der Waals surface area contributed by atoms with Gasteiger partial charge in [0.25, 0.3) is 0 Å². The average Bonchev–Trinajstić information content (AvgIpc) is 3.38. The number of amides is 1. The number of hydrogen-bond acceptors (Lipinski definition) is 8. The molecule has 1 unspecified atom stereocenters. The number of nitrogens with zero attached hydrogens (tertiary/aromatic N) is 3. The molecule has 9 nitrogen and oxygen atoms in total. The molecule has 1 amide bonds. The molecule has 0 saturated carbocycles. The van der Waals surface area contributed by atoms with E-state index in [-0.39, 0.29) is 30.6 Å². The van der Waals surface area contributed by atoms with Gasteiger partial charge < -0.3 is 20.4 Å². The SMILES string of the molecule is CC[C@H](C)[C@H](C(=O)Cc1cn(C)cn1)C(N)N(CC(=O)N[C@@H](CCSC)C(=O)OC)Cc1cccc2ccccc12. The Labute approximate surface area is 247 Å². The van der Waals surface area contributed by atoms with E-state index in [0.29, 0.717) is 24.4 Å². The van der Waals surface area contributed by atoms with Gasteiger partial charge in [-0.2, -0.15) is 11.8 Å². The Kier molecular flexibility index (Phi) is 12.4. The number of aryl methyl sites for hydroxylation is 1. The van der Waals surface area contributed by atoms with Crippen molar-refractivity contribution in [3.8, 4) is 0 Å².